The molecule has 7 nitrogen and oxygen atoms in total. The van der Waals surface area contributed by atoms with E-state index < -0.39 is 11.4 Å². The number of urea groups is 1. The Labute approximate surface area is 298 Å². The zero-order chi connectivity index (χ0) is 36.3. The summed E-state index contributed by atoms with van der Waals surface area (Å²) in [6, 6.07) is 18.4. The van der Waals surface area contributed by atoms with Crippen molar-refractivity contribution in [2.24, 2.45) is 50.2 Å². The Hall–Kier alpha value is -3.45. The van der Waals surface area contributed by atoms with Gasteiger partial charge in [0.05, 0.1) is 11.5 Å². The first kappa shape index (κ1) is 36.3. The fourth-order valence-corrected chi connectivity index (χ4v) is 11.7. The van der Waals surface area contributed by atoms with Crippen molar-refractivity contribution in [3.8, 4) is 0 Å². The van der Waals surface area contributed by atoms with Crippen LogP contribution in [0.4, 0.5) is 16.2 Å². The maximum Gasteiger partial charge on any atom is 0.323 e. The van der Waals surface area contributed by atoms with Crippen LogP contribution in [0.2, 0.25) is 0 Å². The topological polar surface area (TPSA) is 116 Å². The number of nitrogens with one attached hydrogen (secondary N) is 2. The number of rotatable bonds is 3. The van der Waals surface area contributed by atoms with Crippen molar-refractivity contribution in [1.29, 1.82) is 0 Å². The molecule has 7 heteroatoms. The third kappa shape index (κ3) is 5.81. The number of anilines is 2. The van der Waals surface area contributed by atoms with Gasteiger partial charge in [-0.05, 0) is 134 Å². The summed E-state index contributed by atoms with van der Waals surface area (Å²) in [5.41, 5.74) is 1.69. The third-order valence-corrected chi connectivity index (χ3v) is 15.1. The molecule has 2 aromatic carbocycles. The van der Waals surface area contributed by atoms with Crippen LogP contribution in [0.5, 0.6) is 0 Å². The van der Waals surface area contributed by atoms with E-state index in [1.54, 1.807) is 0 Å². The molecule has 0 saturated heterocycles. The number of benzene rings is 2. The lowest BCUT2D eigenvalue weighted by molar-refractivity contribution is -0.202. The minimum atomic E-state index is -0.711. The molecule has 9 atom stereocenters. The molecule has 5 aliphatic rings. The van der Waals surface area contributed by atoms with Gasteiger partial charge in [-0.3, -0.25) is 9.59 Å². The number of amides is 2. The molecule has 4 saturated carbocycles. The summed E-state index contributed by atoms with van der Waals surface area (Å²) in [6.45, 7) is 15.8. The number of carboxylic acid groups (broad SMARTS) is 1. The Morgan fingerprint density at radius 1 is 0.740 bits per heavy atom. The van der Waals surface area contributed by atoms with Crippen LogP contribution in [0.1, 0.15) is 106 Å². The summed E-state index contributed by atoms with van der Waals surface area (Å²) in [7, 11) is 0. The van der Waals surface area contributed by atoms with Crippen molar-refractivity contribution in [1.82, 2.24) is 0 Å². The molecule has 0 heterocycles. The number of aliphatic hydroxyl groups excluding tert-OH is 1. The van der Waals surface area contributed by atoms with E-state index in [4.69, 9.17) is 0 Å². The number of carbonyl (C=O) groups excluding carboxylic acids is 2. The molecule has 4 fully saturated rings. The second-order valence-corrected chi connectivity index (χ2v) is 18.2. The van der Waals surface area contributed by atoms with Crippen LogP contribution in [0.15, 0.2) is 72.3 Å². The van der Waals surface area contributed by atoms with E-state index >= 15 is 0 Å². The van der Waals surface area contributed by atoms with Crippen molar-refractivity contribution in [2.75, 3.05) is 10.6 Å². The van der Waals surface area contributed by atoms with Gasteiger partial charge in [-0.2, -0.15) is 0 Å². The van der Waals surface area contributed by atoms with Crippen LogP contribution in [0.25, 0.3) is 0 Å². The minimum absolute atomic E-state index is 0.0296. The highest BCUT2D eigenvalue weighted by Crippen LogP contribution is 2.75. The van der Waals surface area contributed by atoms with Crippen LogP contribution < -0.4 is 10.6 Å². The van der Waals surface area contributed by atoms with Crippen molar-refractivity contribution < 1.29 is 24.6 Å². The molecule has 2 amide bonds. The standard InChI is InChI=1S/C30H46O4.C13H12N2O/c1-25(2)21-8-11-30(7)23(28(21,5)10-9-22(25)32)20(31)16-18-19-17-27(4,24(33)34)13-12-26(19,3)14-15-29(18,30)6;16-13(14-11-7-3-1-4-8-11)15-12-9-5-2-6-10-12/h16,19,21-23,32H,8-15,17H2,1-7H3,(H,33,34);1-10H,(H2,14,15,16). The molecular weight excluding hydrogens is 624 g/mol. The fourth-order valence-electron chi connectivity index (χ4n) is 11.7. The Morgan fingerprint density at radius 3 is 1.86 bits per heavy atom. The van der Waals surface area contributed by atoms with Gasteiger partial charge in [0.15, 0.2) is 5.78 Å². The first-order chi connectivity index (χ1) is 23.4. The number of ketones is 1. The third-order valence-electron chi connectivity index (χ3n) is 15.1. The van der Waals surface area contributed by atoms with Crippen molar-refractivity contribution in [2.45, 2.75) is 112 Å². The first-order valence-corrected chi connectivity index (χ1v) is 18.8. The monoisotopic (exact) mass is 682 g/mol. The number of fused-ring (bicyclic) bond motifs is 7. The van der Waals surface area contributed by atoms with Crippen LogP contribution in [0.3, 0.4) is 0 Å². The lowest BCUT2D eigenvalue weighted by atomic mass is 9.33. The van der Waals surface area contributed by atoms with Crippen LogP contribution in [-0.2, 0) is 9.59 Å². The van der Waals surface area contributed by atoms with E-state index in [1.165, 1.54) is 5.57 Å². The minimum Gasteiger partial charge on any atom is -0.481 e. The Balaban J connectivity index is 0.000000226. The van der Waals surface area contributed by atoms with Crippen molar-refractivity contribution in [3.63, 3.8) is 0 Å². The normalized spacial score (nSPS) is 39.8. The second kappa shape index (κ2) is 12.6. The average Bonchev–Trinajstić information content (AvgIpc) is 3.06. The molecule has 0 aromatic heterocycles. The smallest absolute Gasteiger partial charge is 0.323 e. The largest absolute Gasteiger partial charge is 0.481 e. The number of aliphatic hydroxyl groups is 1. The van der Waals surface area contributed by atoms with Gasteiger partial charge in [0.1, 0.15) is 0 Å². The highest BCUT2D eigenvalue weighted by atomic mass is 16.4. The van der Waals surface area contributed by atoms with E-state index in [0.717, 1.165) is 62.7 Å². The predicted octanol–water partition coefficient (Wildman–Crippen LogP) is 9.74. The van der Waals surface area contributed by atoms with Gasteiger partial charge >= 0.3 is 12.0 Å². The molecule has 0 aliphatic heterocycles. The maximum atomic E-state index is 14.2. The van der Waals surface area contributed by atoms with E-state index in [1.807, 2.05) is 73.7 Å². The van der Waals surface area contributed by atoms with Gasteiger partial charge in [0.2, 0.25) is 0 Å². The number of carbonyl (C=O) groups is 3. The van der Waals surface area contributed by atoms with E-state index in [2.05, 4.69) is 52.2 Å². The lowest BCUT2D eigenvalue weighted by Gasteiger charge is -2.70. The maximum absolute atomic E-state index is 14.2. The summed E-state index contributed by atoms with van der Waals surface area (Å²) in [5, 5.41) is 26.4. The van der Waals surface area contributed by atoms with E-state index in [0.29, 0.717) is 12.3 Å². The summed E-state index contributed by atoms with van der Waals surface area (Å²) in [5.74, 6) is 0.0603. The molecule has 2 aromatic rings. The second-order valence-electron chi connectivity index (χ2n) is 18.2. The fraction of sp³-hybridized carbons (Fsp3) is 0.605. The summed E-state index contributed by atoms with van der Waals surface area (Å²) < 4.78 is 0. The summed E-state index contributed by atoms with van der Waals surface area (Å²) >= 11 is 0. The van der Waals surface area contributed by atoms with Crippen molar-refractivity contribution >= 4 is 29.2 Å². The van der Waals surface area contributed by atoms with Gasteiger partial charge in [-0.25, -0.2) is 4.79 Å². The van der Waals surface area contributed by atoms with Gasteiger partial charge in [-0.1, -0.05) is 83.5 Å². The van der Waals surface area contributed by atoms with Crippen LogP contribution in [0, 0.1) is 50.2 Å². The summed E-state index contributed by atoms with van der Waals surface area (Å²) in [4.78, 5) is 38.0. The molecule has 270 valence electrons. The zero-order valence-electron chi connectivity index (χ0n) is 31.1. The number of allylic oxidation sites excluding steroid dienone is 2. The quantitative estimate of drug-likeness (QED) is 0.257. The number of hydrogen-bond acceptors (Lipinski definition) is 4. The van der Waals surface area contributed by atoms with E-state index in [9.17, 15) is 24.6 Å². The Bertz CT molecular complexity index is 1610. The lowest BCUT2D eigenvalue weighted by Crippen LogP contribution is -2.66. The molecular formula is C43H58N2O5. The molecule has 0 bridgehead atoms. The molecule has 5 aliphatic carbocycles. The molecule has 0 radical (unpaired) electrons. The van der Waals surface area contributed by atoms with Crippen LogP contribution >= 0.6 is 0 Å². The first-order valence-electron chi connectivity index (χ1n) is 18.8. The molecule has 4 N–H and O–H groups in total. The molecule has 9 unspecified atom stereocenters. The highest BCUT2D eigenvalue weighted by molar-refractivity contribution is 5.99. The predicted molar refractivity (Wildman–Crippen MR) is 199 cm³/mol. The van der Waals surface area contributed by atoms with Gasteiger partial charge in [-0.15, -0.1) is 0 Å². The summed E-state index contributed by atoms with van der Waals surface area (Å²) in [6.07, 6.45) is 9.95. The average molecular weight is 683 g/mol. The van der Waals surface area contributed by atoms with Crippen LogP contribution in [-0.4, -0.2) is 34.1 Å². The number of para-hydroxylation sites is 2. The van der Waals surface area contributed by atoms with Gasteiger partial charge < -0.3 is 20.8 Å². The van der Waals surface area contributed by atoms with Gasteiger partial charge in [0, 0.05) is 17.3 Å². The zero-order valence-corrected chi connectivity index (χ0v) is 31.1. The van der Waals surface area contributed by atoms with Crippen molar-refractivity contribution in [3.05, 3.63) is 72.3 Å². The SMILES string of the molecule is CC1(C(=O)O)CCC2(C)CCC3(C)C(=CC(=O)C4C5(C)CCC(O)C(C)(C)C5CCC43C)C2C1.O=C(Nc1ccccc1)Nc1ccccc1. The van der Waals surface area contributed by atoms with E-state index in [-0.39, 0.29) is 56.8 Å². The molecule has 50 heavy (non-hydrogen) atoms. The highest BCUT2D eigenvalue weighted by Gasteiger charge is 2.70. The van der Waals surface area contributed by atoms with Gasteiger partial charge in [0.25, 0.3) is 0 Å². The number of hydrogen-bond donors (Lipinski definition) is 4. The molecule has 0 spiro atoms. The Morgan fingerprint density at radius 2 is 1.30 bits per heavy atom. The Kier molecular flexibility index (Phi) is 9.19. The number of aliphatic carboxylic acids is 1. The molecule has 7 rings (SSSR count). The number of carboxylic acids is 1.